The van der Waals surface area contributed by atoms with Crippen molar-refractivity contribution in [2.45, 2.75) is 6.92 Å². The van der Waals surface area contributed by atoms with Gasteiger partial charge in [-0.05, 0) is 31.2 Å². The third kappa shape index (κ3) is 3.63. The van der Waals surface area contributed by atoms with Gasteiger partial charge in [0.15, 0.2) is 0 Å². The van der Waals surface area contributed by atoms with Crippen molar-refractivity contribution < 1.29 is 14.3 Å². The zero-order chi connectivity index (χ0) is 14.4. The van der Waals surface area contributed by atoms with E-state index in [0.29, 0.717) is 6.61 Å². The van der Waals surface area contributed by atoms with E-state index in [1.807, 2.05) is 24.0 Å². The molecule has 20 heavy (non-hydrogen) atoms. The highest BCUT2D eigenvalue weighted by atomic mass is 16.5. The van der Waals surface area contributed by atoms with E-state index >= 15 is 0 Å². The maximum atomic E-state index is 11.8. The molecule has 1 fully saturated rings. The van der Waals surface area contributed by atoms with Crippen LogP contribution >= 0.6 is 0 Å². The van der Waals surface area contributed by atoms with Crippen LogP contribution in [0.25, 0.3) is 0 Å². The topological polar surface area (TPSA) is 42.0 Å². The molecule has 1 aromatic rings. The van der Waals surface area contributed by atoms with Gasteiger partial charge in [0.2, 0.25) is 5.91 Å². The van der Waals surface area contributed by atoms with E-state index in [0.717, 1.165) is 31.9 Å². The fourth-order valence-electron chi connectivity index (χ4n) is 2.29. The van der Waals surface area contributed by atoms with Crippen LogP contribution in [0.4, 0.5) is 5.69 Å². The molecular weight excluding hydrogens is 256 g/mol. The van der Waals surface area contributed by atoms with Crippen molar-refractivity contribution in [1.82, 2.24) is 4.90 Å². The second-order valence-corrected chi connectivity index (χ2v) is 4.70. The van der Waals surface area contributed by atoms with E-state index < -0.39 is 0 Å². The first-order valence-corrected chi connectivity index (χ1v) is 6.99. The van der Waals surface area contributed by atoms with Crippen molar-refractivity contribution >= 4 is 11.6 Å². The quantitative estimate of drug-likeness (QED) is 0.816. The van der Waals surface area contributed by atoms with Crippen LogP contribution < -0.4 is 9.64 Å². The van der Waals surface area contributed by atoms with E-state index in [9.17, 15) is 4.79 Å². The summed E-state index contributed by atoms with van der Waals surface area (Å²) in [5.41, 5.74) is 1.17. The van der Waals surface area contributed by atoms with Gasteiger partial charge in [-0.25, -0.2) is 0 Å². The number of ether oxygens (including phenoxy) is 2. The summed E-state index contributed by atoms with van der Waals surface area (Å²) in [4.78, 5) is 16.0. The largest absolute Gasteiger partial charge is 0.497 e. The molecule has 2 rings (SSSR count). The lowest BCUT2D eigenvalue weighted by Crippen LogP contribution is -2.49. The number of methoxy groups -OCH3 is 1. The maximum Gasteiger partial charge on any atom is 0.248 e. The highest BCUT2D eigenvalue weighted by molar-refractivity contribution is 5.77. The first-order chi connectivity index (χ1) is 9.74. The molecule has 5 nitrogen and oxygen atoms in total. The molecule has 0 atom stereocenters. The number of amides is 1. The molecule has 0 spiro atoms. The van der Waals surface area contributed by atoms with Gasteiger partial charge in [-0.1, -0.05) is 0 Å². The van der Waals surface area contributed by atoms with Gasteiger partial charge >= 0.3 is 0 Å². The zero-order valence-corrected chi connectivity index (χ0v) is 12.2. The predicted octanol–water partition coefficient (Wildman–Crippen LogP) is 1.38. The third-order valence-electron chi connectivity index (χ3n) is 3.50. The highest BCUT2D eigenvalue weighted by Gasteiger charge is 2.21. The van der Waals surface area contributed by atoms with E-state index in [-0.39, 0.29) is 12.5 Å². The minimum atomic E-state index is 0.0845. The Bertz CT molecular complexity index is 425. The Morgan fingerprint density at radius 1 is 1.15 bits per heavy atom. The first kappa shape index (κ1) is 14.7. The summed E-state index contributed by atoms with van der Waals surface area (Å²) < 4.78 is 10.3. The SMILES string of the molecule is CCOCC(=O)N1CCN(c2ccc(OC)cc2)CC1. The van der Waals surface area contributed by atoms with Crippen molar-refractivity contribution in [3.05, 3.63) is 24.3 Å². The Kier molecular flexibility index (Phi) is 5.24. The van der Waals surface area contributed by atoms with Crippen LogP contribution in [-0.2, 0) is 9.53 Å². The Morgan fingerprint density at radius 3 is 2.35 bits per heavy atom. The number of carbonyl (C=O) groups excluding carboxylic acids is 1. The average molecular weight is 278 g/mol. The average Bonchev–Trinajstić information content (AvgIpc) is 2.53. The summed E-state index contributed by atoms with van der Waals surface area (Å²) in [6.07, 6.45) is 0. The molecule has 0 saturated carbocycles. The van der Waals surface area contributed by atoms with Crippen LogP contribution in [0.1, 0.15) is 6.92 Å². The first-order valence-electron chi connectivity index (χ1n) is 6.99. The van der Waals surface area contributed by atoms with Crippen molar-refractivity contribution in [2.75, 3.05) is 51.4 Å². The number of hydrogen-bond acceptors (Lipinski definition) is 4. The molecule has 110 valence electrons. The number of nitrogens with zero attached hydrogens (tertiary/aromatic N) is 2. The van der Waals surface area contributed by atoms with Crippen LogP contribution in [-0.4, -0.2) is 57.3 Å². The molecular formula is C15H22N2O3. The van der Waals surface area contributed by atoms with Gasteiger partial charge in [0.1, 0.15) is 12.4 Å². The summed E-state index contributed by atoms with van der Waals surface area (Å²) >= 11 is 0. The Morgan fingerprint density at radius 2 is 1.80 bits per heavy atom. The fourth-order valence-corrected chi connectivity index (χ4v) is 2.29. The van der Waals surface area contributed by atoms with Gasteiger partial charge in [0, 0.05) is 38.5 Å². The lowest BCUT2D eigenvalue weighted by molar-refractivity contribution is -0.136. The monoisotopic (exact) mass is 278 g/mol. The van der Waals surface area contributed by atoms with Crippen LogP contribution in [0, 0.1) is 0 Å². The van der Waals surface area contributed by atoms with Gasteiger partial charge in [0.05, 0.1) is 7.11 Å². The second kappa shape index (κ2) is 7.14. The second-order valence-electron chi connectivity index (χ2n) is 4.70. The summed E-state index contributed by atoms with van der Waals surface area (Å²) in [5.74, 6) is 0.945. The third-order valence-corrected chi connectivity index (χ3v) is 3.50. The van der Waals surface area contributed by atoms with Crippen LogP contribution in [0.3, 0.4) is 0 Å². The molecule has 5 heteroatoms. The molecule has 0 aromatic heterocycles. The standard InChI is InChI=1S/C15H22N2O3/c1-3-20-12-15(18)17-10-8-16(9-11-17)13-4-6-14(19-2)7-5-13/h4-7H,3,8-12H2,1-2H3. The normalized spacial score (nSPS) is 15.3. The van der Waals surface area contributed by atoms with E-state index in [1.165, 1.54) is 5.69 Å². The number of carbonyl (C=O) groups is 1. The number of rotatable bonds is 5. The molecule has 0 radical (unpaired) electrons. The van der Waals surface area contributed by atoms with Gasteiger partial charge in [0.25, 0.3) is 0 Å². The van der Waals surface area contributed by atoms with Gasteiger partial charge in [-0.3, -0.25) is 4.79 Å². The van der Waals surface area contributed by atoms with Crippen molar-refractivity contribution in [1.29, 1.82) is 0 Å². The highest BCUT2D eigenvalue weighted by Crippen LogP contribution is 2.20. The molecule has 1 amide bonds. The van der Waals surface area contributed by atoms with Gasteiger partial charge in [-0.2, -0.15) is 0 Å². The van der Waals surface area contributed by atoms with Crippen molar-refractivity contribution in [3.8, 4) is 5.75 Å². The van der Waals surface area contributed by atoms with E-state index in [4.69, 9.17) is 9.47 Å². The summed E-state index contributed by atoms with van der Waals surface area (Å²) in [6, 6.07) is 8.02. The lowest BCUT2D eigenvalue weighted by Gasteiger charge is -2.36. The van der Waals surface area contributed by atoms with E-state index in [1.54, 1.807) is 7.11 Å². The molecule has 0 aliphatic carbocycles. The summed E-state index contributed by atoms with van der Waals surface area (Å²) in [7, 11) is 1.66. The van der Waals surface area contributed by atoms with Gasteiger partial charge in [-0.15, -0.1) is 0 Å². The van der Waals surface area contributed by atoms with Crippen LogP contribution in [0.5, 0.6) is 5.75 Å². The van der Waals surface area contributed by atoms with Crippen molar-refractivity contribution in [2.24, 2.45) is 0 Å². The molecule has 1 aliphatic rings. The Balaban J connectivity index is 1.85. The van der Waals surface area contributed by atoms with Crippen LogP contribution in [0.15, 0.2) is 24.3 Å². The smallest absolute Gasteiger partial charge is 0.248 e. The molecule has 0 bridgehead atoms. The summed E-state index contributed by atoms with van der Waals surface area (Å²) in [5, 5.41) is 0. The zero-order valence-electron chi connectivity index (χ0n) is 12.2. The predicted molar refractivity (Wildman–Crippen MR) is 78.3 cm³/mol. The van der Waals surface area contributed by atoms with Crippen LogP contribution in [0.2, 0.25) is 0 Å². The number of hydrogen-bond donors (Lipinski definition) is 0. The lowest BCUT2D eigenvalue weighted by atomic mass is 10.2. The van der Waals surface area contributed by atoms with Crippen molar-refractivity contribution in [3.63, 3.8) is 0 Å². The van der Waals surface area contributed by atoms with Gasteiger partial charge < -0.3 is 19.3 Å². The maximum absolute atomic E-state index is 11.8. The minimum Gasteiger partial charge on any atom is -0.497 e. The molecule has 0 unspecified atom stereocenters. The minimum absolute atomic E-state index is 0.0845. The Hall–Kier alpha value is -1.75. The van der Waals surface area contributed by atoms with E-state index in [2.05, 4.69) is 17.0 Å². The molecule has 1 heterocycles. The molecule has 0 N–H and O–H groups in total. The summed E-state index contributed by atoms with van der Waals surface area (Å²) in [6.45, 7) is 5.87. The molecule has 1 saturated heterocycles. The fraction of sp³-hybridized carbons (Fsp3) is 0.533. The number of anilines is 1. The molecule has 1 aliphatic heterocycles. The Labute approximate surface area is 120 Å². The number of benzene rings is 1. The molecule has 1 aromatic carbocycles. The number of piperazine rings is 1.